The molecule has 2 N–H and O–H groups in total. The van der Waals surface area contributed by atoms with Crippen molar-refractivity contribution in [1.82, 2.24) is 0 Å². The van der Waals surface area contributed by atoms with Crippen LogP contribution in [0.2, 0.25) is 0 Å². The van der Waals surface area contributed by atoms with Crippen LogP contribution in [0.3, 0.4) is 0 Å². The molecule has 0 atom stereocenters. The molecule has 0 aliphatic rings. The second-order valence-corrected chi connectivity index (χ2v) is 3.65. The Morgan fingerprint density at radius 2 is 2.08 bits per heavy atom. The van der Waals surface area contributed by atoms with Crippen molar-refractivity contribution in [3.8, 4) is 0 Å². The molecule has 0 radical (unpaired) electrons. The Morgan fingerprint density at radius 3 is 2.50 bits per heavy atom. The first-order valence-electron chi connectivity index (χ1n) is 4.38. The fraction of sp³-hybridized carbons (Fsp3) is 0.889. The molecular weight excluding hydrogens is 154 g/mol. The molecule has 0 bridgehead atoms. The van der Waals surface area contributed by atoms with Gasteiger partial charge in [0.15, 0.2) is 0 Å². The summed E-state index contributed by atoms with van der Waals surface area (Å²) in [7, 11) is 0. The molecule has 0 spiro atoms. The van der Waals surface area contributed by atoms with Gasteiger partial charge in [-0.1, -0.05) is 13.3 Å². The van der Waals surface area contributed by atoms with Crippen molar-refractivity contribution < 1.29 is 9.53 Å². The first-order valence-corrected chi connectivity index (χ1v) is 4.38. The number of nitrogens with two attached hydrogens (primary N) is 1. The van der Waals surface area contributed by atoms with Crippen LogP contribution in [-0.2, 0) is 9.53 Å². The largest absolute Gasteiger partial charge is 0.380 e. The maximum atomic E-state index is 10.8. The minimum absolute atomic E-state index is 0.306. The monoisotopic (exact) mass is 173 g/mol. The highest BCUT2D eigenvalue weighted by Crippen LogP contribution is 2.14. The molecule has 0 aromatic carbocycles. The highest BCUT2D eigenvalue weighted by molar-refractivity contribution is 5.80. The average molecular weight is 173 g/mol. The zero-order valence-corrected chi connectivity index (χ0v) is 8.22. The summed E-state index contributed by atoms with van der Waals surface area (Å²) >= 11 is 0. The normalized spacial score (nSPS) is 11.6. The summed E-state index contributed by atoms with van der Waals surface area (Å²) in [5.41, 5.74) is 4.63. The molecule has 0 fully saturated rings. The highest BCUT2D eigenvalue weighted by Gasteiger charge is 2.24. The van der Waals surface area contributed by atoms with Gasteiger partial charge in [-0.3, -0.25) is 4.79 Å². The van der Waals surface area contributed by atoms with Crippen molar-refractivity contribution >= 4 is 5.91 Å². The van der Waals surface area contributed by atoms with E-state index in [1.54, 1.807) is 13.8 Å². The van der Waals surface area contributed by atoms with E-state index in [0.717, 1.165) is 12.8 Å². The molecule has 3 nitrogen and oxygen atoms in total. The van der Waals surface area contributed by atoms with Gasteiger partial charge in [0.25, 0.3) is 0 Å². The quantitative estimate of drug-likeness (QED) is 0.616. The lowest BCUT2D eigenvalue weighted by atomic mass is 9.94. The lowest BCUT2D eigenvalue weighted by Crippen LogP contribution is -2.35. The van der Waals surface area contributed by atoms with E-state index < -0.39 is 5.41 Å². The summed E-state index contributed by atoms with van der Waals surface area (Å²) in [4.78, 5) is 10.8. The Balaban J connectivity index is 3.54. The van der Waals surface area contributed by atoms with Gasteiger partial charge in [0.05, 0.1) is 12.0 Å². The van der Waals surface area contributed by atoms with Crippen LogP contribution >= 0.6 is 0 Å². The topological polar surface area (TPSA) is 52.3 Å². The summed E-state index contributed by atoms with van der Waals surface area (Å²) in [6.07, 6.45) is 2.14. The minimum atomic E-state index is -0.534. The van der Waals surface area contributed by atoms with E-state index in [1.807, 2.05) is 0 Å². The predicted octanol–water partition coefficient (Wildman–Crippen LogP) is 1.31. The first-order chi connectivity index (χ1) is 5.50. The third kappa shape index (κ3) is 4.34. The number of primary amides is 1. The SMILES string of the molecule is CCCCOCC(C)(C)C(N)=O. The molecule has 0 heterocycles. The molecular formula is C9H19NO2. The molecule has 0 aromatic rings. The van der Waals surface area contributed by atoms with Crippen molar-refractivity contribution in [3.05, 3.63) is 0 Å². The second-order valence-electron chi connectivity index (χ2n) is 3.65. The lowest BCUT2D eigenvalue weighted by Gasteiger charge is -2.19. The van der Waals surface area contributed by atoms with Crippen molar-refractivity contribution in [2.45, 2.75) is 33.6 Å². The van der Waals surface area contributed by atoms with E-state index in [1.165, 1.54) is 0 Å². The van der Waals surface area contributed by atoms with E-state index >= 15 is 0 Å². The van der Waals surface area contributed by atoms with Crippen molar-refractivity contribution in [1.29, 1.82) is 0 Å². The maximum absolute atomic E-state index is 10.8. The number of carbonyl (C=O) groups excluding carboxylic acids is 1. The van der Waals surface area contributed by atoms with Crippen LogP contribution in [0.4, 0.5) is 0 Å². The zero-order chi connectivity index (χ0) is 9.61. The molecule has 12 heavy (non-hydrogen) atoms. The molecule has 0 unspecified atom stereocenters. The van der Waals surface area contributed by atoms with Gasteiger partial charge in [-0.25, -0.2) is 0 Å². The molecule has 0 aromatic heterocycles. The Hall–Kier alpha value is -0.570. The Morgan fingerprint density at radius 1 is 1.50 bits per heavy atom. The van der Waals surface area contributed by atoms with Crippen molar-refractivity contribution in [2.75, 3.05) is 13.2 Å². The molecule has 1 amide bonds. The number of unbranched alkanes of at least 4 members (excludes halogenated alkanes) is 1. The smallest absolute Gasteiger partial charge is 0.225 e. The number of ether oxygens (including phenoxy) is 1. The van der Waals surface area contributed by atoms with Crippen LogP contribution in [0.25, 0.3) is 0 Å². The van der Waals surface area contributed by atoms with Crippen LogP contribution < -0.4 is 5.73 Å². The van der Waals surface area contributed by atoms with Crippen LogP contribution in [0.1, 0.15) is 33.6 Å². The van der Waals surface area contributed by atoms with Gasteiger partial charge in [-0.2, -0.15) is 0 Å². The zero-order valence-electron chi connectivity index (χ0n) is 8.22. The Labute approximate surface area is 74.3 Å². The first kappa shape index (κ1) is 11.4. The standard InChI is InChI=1S/C9H19NO2/c1-4-5-6-12-7-9(2,3)8(10)11/h4-7H2,1-3H3,(H2,10,11). The van der Waals surface area contributed by atoms with Gasteiger partial charge < -0.3 is 10.5 Å². The van der Waals surface area contributed by atoms with Crippen molar-refractivity contribution in [3.63, 3.8) is 0 Å². The van der Waals surface area contributed by atoms with Crippen molar-refractivity contribution in [2.24, 2.45) is 11.1 Å². The van der Waals surface area contributed by atoms with Gasteiger partial charge in [-0.05, 0) is 20.3 Å². The minimum Gasteiger partial charge on any atom is -0.380 e. The summed E-state index contributed by atoms with van der Waals surface area (Å²) < 4.78 is 5.30. The molecule has 0 aliphatic carbocycles. The van der Waals surface area contributed by atoms with Gasteiger partial charge in [0, 0.05) is 6.61 Å². The molecule has 72 valence electrons. The highest BCUT2D eigenvalue weighted by atomic mass is 16.5. The molecule has 0 aliphatic heterocycles. The fourth-order valence-electron chi connectivity index (χ4n) is 0.645. The van der Waals surface area contributed by atoms with Gasteiger partial charge in [0.2, 0.25) is 5.91 Å². The lowest BCUT2D eigenvalue weighted by molar-refractivity contribution is -0.129. The van der Waals surface area contributed by atoms with Gasteiger partial charge in [0.1, 0.15) is 0 Å². The summed E-state index contributed by atoms with van der Waals surface area (Å²) in [6.45, 7) is 6.82. The number of amides is 1. The fourth-order valence-corrected chi connectivity index (χ4v) is 0.645. The third-order valence-electron chi connectivity index (χ3n) is 1.77. The van der Waals surface area contributed by atoms with Crippen LogP contribution in [0.15, 0.2) is 0 Å². The van der Waals surface area contributed by atoms with E-state index in [0.29, 0.717) is 13.2 Å². The number of carbonyl (C=O) groups is 1. The van der Waals surface area contributed by atoms with Gasteiger partial charge in [-0.15, -0.1) is 0 Å². The molecule has 0 rings (SSSR count). The Kier molecular flexibility index (Phi) is 4.90. The second kappa shape index (κ2) is 5.14. The summed E-state index contributed by atoms with van der Waals surface area (Å²) in [5.74, 6) is -0.306. The van der Waals surface area contributed by atoms with Gasteiger partial charge >= 0.3 is 0 Å². The van der Waals surface area contributed by atoms with Crippen LogP contribution in [0, 0.1) is 5.41 Å². The molecule has 0 saturated carbocycles. The number of rotatable bonds is 6. The average Bonchev–Trinajstić information content (AvgIpc) is 1.98. The van der Waals surface area contributed by atoms with Crippen LogP contribution in [-0.4, -0.2) is 19.1 Å². The maximum Gasteiger partial charge on any atom is 0.225 e. The van der Waals surface area contributed by atoms with E-state index in [9.17, 15) is 4.79 Å². The van der Waals surface area contributed by atoms with Crippen LogP contribution in [0.5, 0.6) is 0 Å². The van der Waals surface area contributed by atoms with E-state index in [4.69, 9.17) is 10.5 Å². The van der Waals surface area contributed by atoms with E-state index in [-0.39, 0.29) is 5.91 Å². The summed E-state index contributed by atoms with van der Waals surface area (Å²) in [6, 6.07) is 0. The summed E-state index contributed by atoms with van der Waals surface area (Å²) in [5, 5.41) is 0. The number of hydrogen-bond donors (Lipinski definition) is 1. The Bertz CT molecular complexity index is 143. The molecule has 0 saturated heterocycles. The predicted molar refractivity (Wildman–Crippen MR) is 48.7 cm³/mol. The van der Waals surface area contributed by atoms with E-state index in [2.05, 4.69) is 6.92 Å². The number of hydrogen-bond acceptors (Lipinski definition) is 2. The molecule has 3 heteroatoms. The third-order valence-corrected chi connectivity index (χ3v) is 1.77.